The molecule has 0 saturated carbocycles. The van der Waals surface area contributed by atoms with Crippen LogP contribution in [-0.4, -0.2) is 246 Å². The van der Waals surface area contributed by atoms with Crippen LogP contribution in [0.4, 0.5) is 0 Å². The number of amides is 4. The van der Waals surface area contributed by atoms with Crippen LogP contribution in [0.3, 0.4) is 0 Å². The van der Waals surface area contributed by atoms with Crippen LogP contribution in [0.1, 0.15) is 157 Å². The van der Waals surface area contributed by atoms with Crippen LogP contribution in [0.2, 0.25) is 0 Å². The molecule has 4 fully saturated rings. The van der Waals surface area contributed by atoms with Gasteiger partial charge in [0, 0.05) is 24.8 Å². The predicted octanol–water partition coefficient (Wildman–Crippen LogP) is 2.39. The average Bonchev–Trinajstić information content (AvgIpc) is 1.64. The minimum atomic E-state index is -1.39. The zero-order valence-electron chi connectivity index (χ0n) is 62.5. The number of carbonyl (C=O) groups is 15. The average molecular weight is 1510 g/mol. The molecule has 0 aromatic heterocycles. The zero-order valence-corrected chi connectivity index (χ0v) is 63.3. The second-order valence-electron chi connectivity index (χ2n) is 32.2. The summed E-state index contributed by atoms with van der Waals surface area (Å²) in [7, 11) is 0. The van der Waals surface area contributed by atoms with Gasteiger partial charge in [0.2, 0.25) is 29.4 Å². The molecule has 0 radical (unpaired) electrons. The van der Waals surface area contributed by atoms with Crippen molar-refractivity contribution >= 4 is 100.0 Å². The lowest BCUT2D eigenvalue weighted by Crippen LogP contribution is -2.50. The third-order valence-electron chi connectivity index (χ3n) is 16.4. The lowest BCUT2D eigenvalue weighted by molar-refractivity contribution is -0.174. The fourth-order valence-corrected chi connectivity index (χ4v) is 10.3. The smallest absolute Gasteiger partial charge is 0.312 e. The summed E-state index contributed by atoms with van der Waals surface area (Å²) >= 11 is 6.19. The molecule has 0 aromatic rings. The number of alkyl halides is 1. The summed E-state index contributed by atoms with van der Waals surface area (Å²) in [6.45, 7) is 30.2. The number of carbonyl (C=O) groups excluding carboxylic acids is 15. The summed E-state index contributed by atoms with van der Waals surface area (Å²) in [5.41, 5.74) is -4.83. The van der Waals surface area contributed by atoms with E-state index < -0.39 is 195 Å². The molecule has 0 aromatic carbocycles. The standard InChI is InChI=1S/C20H29NO8.C20H27NO8.C20H29NO8.C11H14ClNO5/c2*1-19(2,3)17(25)27-10-12-15(29-18(26)20(4,5)6)14(24)16(28-12)21-8-7-11(22)9-13(21)23;1-19(2,3)17(25)27-10-12-14(24)15(29-18(26)20(4,5)6)16(28-12)21-8-7-11(22)9-13(21)23;1-11(12)9(17)7(5-14)18-10(11)13-3-2-6(15)4-8(13)16/h7-8,12,14-16,24H,9-10H2,1-6H3;7-8,12,15-16H,9-10H2,1-6H3;7-8,12,14-16,24H,9-10H2,1-6H3;2-3,7,9-10,14,17H,4-5H2,1H3/t12-,14-,15-,16-;12-,15-,16-;12-,14-,15-,16-;7-,9-,10-,11-/m1111/s1. The zero-order chi connectivity index (χ0) is 79.9. The molecule has 4 N–H and O–H groups in total. The van der Waals surface area contributed by atoms with Gasteiger partial charge in [-0.3, -0.25) is 91.5 Å². The maximum atomic E-state index is 12.9. The van der Waals surface area contributed by atoms with Gasteiger partial charge in [-0.1, -0.05) is 0 Å². The highest BCUT2D eigenvalue weighted by molar-refractivity contribution is 6.25. The van der Waals surface area contributed by atoms with Crippen molar-refractivity contribution in [2.75, 3.05) is 26.4 Å². The first-order valence-corrected chi connectivity index (χ1v) is 34.1. The minimum absolute atomic E-state index is 0.247. The van der Waals surface area contributed by atoms with E-state index in [0.717, 1.165) is 14.7 Å². The number of nitrogens with zero attached hydrogens (tertiary/aromatic N) is 4. The predicted molar refractivity (Wildman–Crippen MR) is 361 cm³/mol. The highest BCUT2D eigenvalue weighted by Crippen LogP contribution is 2.40. The Hall–Kier alpha value is -8.02. The number of hydrogen-bond acceptors (Lipinski definition) is 29. The van der Waals surface area contributed by atoms with Gasteiger partial charge < -0.3 is 67.8 Å². The van der Waals surface area contributed by atoms with E-state index in [2.05, 4.69) is 0 Å². The number of halogens is 1. The van der Waals surface area contributed by atoms with Gasteiger partial charge in [-0.2, -0.15) is 0 Å². The Balaban J connectivity index is 0.000000255. The van der Waals surface area contributed by atoms with Crippen molar-refractivity contribution in [2.45, 2.75) is 248 Å². The van der Waals surface area contributed by atoms with Gasteiger partial charge in [-0.05, 0) is 156 Å². The monoisotopic (exact) mass is 1510 g/mol. The van der Waals surface area contributed by atoms with E-state index in [-0.39, 0.29) is 68.6 Å². The van der Waals surface area contributed by atoms with Crippen molar-refractivity contribution in [3.8, 4) is 0 Å². The van der Waals surface area contributed by atoms with Crippen LogP contribution < -0.4 is 0 Å². The first kappa shape index (κ1) is 87.6. The Morgan fingerprint density at radius 1 is 0.429 bits per heavy atom. The second-order valence-corrected chi connectivity index (χ2v) is 33.1. The Morgan fingerprint density at radius 3 is 1.13 bits per heavy atom. The van der Waals surface area contributed by atoms with E-state index >= 15 is 0 Å². The fraction of sp³-hybridized carbons (Fsp3) is 0.676. The molecule has 15 atom stereocenters. The number of ether oxygens (including phenoxy) is 10. The molecule has 8 aliphatic heterocycles. The molecule has 0 spiro atoms. The second kappa shape index (κ2) is 34.3. The van der Waals surface area contributed by atoms with Crippen molar-refractivity contribution in [2.24, 2.45) is 32.5 Å². The van der Waals surface area contributed by atoms with Crippen molar-refractivity contribution in [3.05, 3.63) is 49.1 Å². The highest BCUT2D eigenvalue weighted by Gasteiger charge is 2.57. The number of rotatable bonds is 14. The summed E-state index contributed by atoms with van der Waals surface area (Å²) in [6.07, 6.45) is -7.61. The van der Waals surface area contributed by atoms with E-state index in [0.29, 0.717) is 0 Å². The first-order chi connectivity index (χ1) is 48.0. The maximum absolute atomic E-state index is 12.9. The van der Waals surface area contributed by atoms with Gasteiger partial charge >= 0.3 is 35.8 Å². The van der Waals surface area contributed by atoms with Crippen molar-refractivity contribution in [1.29, 1.82) is 0 Å². The van der Waals surface area contributed by atoms with Gasteiger partial charge in [0.05, 0.1) is 64.8 Å². The lowest BCUT2D eigenvalue weighted by Gasteiger charge is -2.34. The molecule has 0 unspecified atom stereocenters. The molecule has 0 bridgehead atoms. The third kappa shape index (κ3) is 22.8. The van der Waals surface area contributed by atoms with Gasteiger partial charge in [0.15, 0.2) is 66.4 Å². The van der Waals surface area contributed by atoms with Crippen molar-refractivity contribution in [1.82, 2.24) is 19.6 Å². The van der Waals surface area contributed by atoms with Gasteiger partial charge in [-0.25, -0.2) is 0 Å². The summed E-state index contributed by atoms with van der Waals surface area (Å²) < 4.78 is 54.6. The van der Waals surface area contributed by atoms with Crippen molar-refractivity contribution < 1.29 is 140 Å². The summed E-state index contributed by atoms with van der Waals surface area (Å²) in [6, 6.07) is 0. The van der Waals surface area contributed by atoms with E-state index in [4.69, 9.17) is 64.1 Å². The van der Waals surface area contributed by atoms with E-state index in [1.807, 2.05) is 0 Å². The molecule has 584 valence electrons. The quantitative estimate of drug-likeness (QED) is 0.0839. The summed E-state index contributed by atoms with van der Waals surface area (Å²) in [4.78, 5) is 183. The topological polar surface area (TPSA) is 442 Å². The van der Waals surface area contributed by atoms with E-state index in [1.165, 1.54) is 60.9 Å². The Kier molecular flexibility index (Phi) is 28.6. The molecule has 8 aliphatic rings. The summed E-state index contributed by atoms with van der Waals surface area (Å²) in [5, 5.41) is 40.4. The van der Waals surface area contributed by atoms with Crippen LogP contribution in [0, 0.1) is 32.5 Å². The molecular formula is C71H99ClN4O29. The Bertz CT molecular complexity index is 3480. The molecule has 8 rings (SSSR count). The number of esters is 6. The third-order valence-corrected chi connectivity index (χ3v) is 16.8. The highest BCUT2D eigenvalue weighted by atomic mass is 35.5. The van der Waals surface area contributed by atoms with Gasteiger partial charge in [0.25, 0.3) is 0 Å². The number of aliphatic hydroxyl groups excluding tert-OH is 4. The number of aliphatic hydroxyl groups is 4. The molecule has 8 heterocycles. The summed E-state index contributed by atoms with van der Waals surface area (Å²) in [5.74, 6) is -7.48. The number of Topliss-reactive ketones (excluding diaryl/α,β-unsaturated/α-hetero) is 1. The first-order valence-electron chi connectivity index (χ1n) is 33.8. The van der Waals surface area contributed by atoms with Crippen molar-refractivity contribution in [3.63, 3.8) is 0 Å². The fourth-order valence-electron chi connectivity index (χ4n) is 9.96. The maximum Gasteiger partial charge on any atom is 0.312 e. The molecular weight excluding hydrogens is 1410 g/mol. The van der Waals surface area contributed by atoms with Gasteiger partial charge in [0.1, 0.15) is 67.4 Å². The molecule has 4 amide bonds. The molecule has 33 nitrogen and oxygen atoms in total. The van der Waals surface area contributed by atoms with Gasteiger partial charge in [-0.15, -0.1) is 11.6 Å². The van der Waals surface area contributed by atoms with Crippen LogP contribution in [-0.2, 0) is 119 Å². The van der Waals surface area contributed by atoms with Crippen LogP contribution in [0.25, 0.3) is 0 Å². The van der Waals surface area contributed by atoms with Crippen LogP contribution >= 0.6 is 11.6 Å². The van der Waals surface area contributed by atoms with Crippen LogP contribution in [0.15, 0.2) is 49.1 Å². The molecule has 4 saturated heterocycles. The Morgan fingerprint density at radius 2 is 0.762 bits per heavy atom. The SMILES string of the molecule is CC(C)(C)C(=O)OC[C@H]1O[C@@H](N2C=CC(=O)CC2=O)C(=O)[C@@H]1OC(=O)C(C)(C)C.CC(C)(C)C(=O)OC[C@H]1O[C@@H](N2C=CC(=O)CC2=O)[C@H](O)[C@@H]1OC(=O)C(C)(C)C.CC(C)(C)C(=O)OC[C@H]1O[C@@H](N2C=CC(=O)CC2=O)[C@H](OC(=O)C(C)(C)C)[C@@H]1O.C[C@@]1(Cl)[C@H](O)[C@@H](CO)O[C@H]1N1C=CC(=O)CC1=O. The molecule has 105 heavy (non-hydrogen) atoms. The van der Waals surface area contributed by atoms with Crippen LogP contribution in [0.5, 0.6) is 0 Å². The Labute approximate surface area is 613 Å². The molecule has 34 heteroatoms. The normalized spacial score (nSPS) is 29.4. The minimum Gasteiger partial charge on any atom is -0.462 e. The number of allylic oxidation sites excluding steroid dienone is 4. The van der Waals surface area contributed by atoms with E-state index in [9.17, 15) is 87.2 Å². The van der Waals surface area contributed by atoms with E-state index in [1.54, 1.807) is 125 Å². The molecule has 0 aliphatic carbocycles. The number of hydrogen-bond donors (Lipinski definition) is 4. The number of ketones is 5. The largest absolute Gasteiger partial charge is 0.462 e. The lowest BCUT2D eigenvalue weighted by atomic mass is 9.97.